The van der Waals surface area contributed by atoms with Crippen molar-refractivity contribution >= 4 is 11.9 Å². The number of nitrogens with zero attached hydrogens (tertiary/aromatic N) is 2. The molecule has 1 aliphatic rings. The van der Waals surface area contributed by atoms with Crippen LogP contribution in [0.2, 0.25) is 0 Å². The van der Waals surface area contributed by atoms with Crippen molar-refractivity contribution in [1.29, 1.82) is 0 Å². The zero-order valence-electron chi connectivity index (χ0n) is 18.3. The number of methoxy groups -OCH3 is 1. The summed E-state index contributed by atoms with van der Waals surface area (Å²) in [6.07, 6.45) is 0.741. The summed E-state index contributed by atoms with van der Waals surface area (Å²) in [4.78, 5) is 28.7. The van der Waals surface area contributed by atoms with Crippen molar-refractivity contribution in [1.82, 2.24) is 20.4 Å². The second-order valence-electron chi connectivity index (χ2n) is 7.93. The molecule has 1 unspecified atom stereocenters. The van der Waals surface area contributed by atoms with Crippen LogP contribution in [-0.2, 0) is 17.8 Å². The van der Waals surface area contributed by atoms with Crippen molar-refractivity contribution in [2.24, 2.45) is 0 Å². The third-order valence-corrected chi connectivity index (χ3v) is 5.41. The molecule has 0 aliphatic carbocycles. The number of carbonyl (C=O) groups excluding carboxylic acids is 2. The van der Waals surface area contributed by atoms with E-state index in [4.69, 9.17) is 4.74 Å². The van der Waals surface area contributed by atoms with E-state index < -0.39 is 0 Å². The van der Waals surface area contributed by atoms with Crippen LogP contribution in [0.1, 0.15) is 18.1 Å². The van der Waals surface area contributed by atoms with Gasteiger partial charge >= 0.3 is 6.03 Å². The van der Waals surface area contributed by atoms with E-state index in [1.54, 1.807) is 7.11 Å². The van der Waals surface area contributed by atoms with Gasteiger partial charge in [-0.15, -0.1) is 0 Å². The molecule has 2 N–H and O–H groups in total. The quantitative estimate of drug-likeness (QED) is 0.682. The molecule has 1 atom stereocenters. The van der Waals surface area contributed by atoms with Gasteiger partial charge < -0.3 is 20.3 Å². The number of hydrogen-bond donors (Lipinski definition) is 2. The van der Waals surface area contributed by atoms with Gasteiger partial charge in [0.15, 0.2) is 0 Å². The number of urea groups is 1. The van der Waals surface area contributed by atoms with E-state index in [9.17, 15) is 9.59 Å². The summed E-state index contributed by atoms with van der Waals surface area (Å²) in [6.45, 7) is 5.51. The first kappa shape index (κ1) is 22.6. The molecule has 1 aliphatic heterocycles. The number of nitrogens with one attached hydrogen (secondary N) is 2. The average molecular weight is 425 g/mol. The maximum Gasteiger partial charge on any atom is 0.317 e. The second-order valence-corrected chi connectivity index (χ2v) is 7.93. The van der Waals surface area contributed by atoms with Crippen molar-refractivity contribution in [3.63, 3.8) is 0 Å². The first-order valence-corrected chi connectivity index (χ1v) is 10.7. The first-order valence-electron chi connectivity index (χ1n) is 10.7. The average Bonchev–Trinajstić information content (AvgIpc) is 2.79. The molecular formula is C24H32N4O3. The van der Waals surface area contributed by atoms with E-state index in [1.165, 1.54) is 0 Å². The Hall–Kier alpha value is -3.06. The van der Waals surface area contributed by atoms with E-state index >= 15 is 0 Å². The number of piperazine rings is 1. The van der Waals surface area contributed by atoms with Gasteiger partial charge in [-0.2, -0.15) is 0 Å². The summed E-state index contributed by atoms with van der Waals surface area (Å²) in [5.41, 5.74) is 2.21. The van der Waals surface area contributed by atoms with Crippen LogP contribution in [-0.4, -0.2) is 67.6 Å². The molecule has 31 heavy (non-hydrogen) atoms. The van der Waals surface area contributed by atoms with Crippen LogP contribution in [0.15, 0.2) is 54.6 Å². The Bertz CT molecular complexity index is 851. The van der Waals surface area contributed by atoms with E-state index in [1.807, 2.05) is 66.4 Å². The Balaban J connectivity index is 1.36. The monoisotopic (exact) mass is 424 g/mol. The van der Waals surface area contributed by atoms with E-state index in [0.29, 0.717) is 39.3 Å². The smallest absolute Gasteiger partial charge is 0.317 e. The van der Waals surface area contributed by atoms with Gasteiger partial charge in [0, 0.05) is 38.8 Å². The van der Waals surface area contributed by atoms with Crippen LogP contribution >= 0.6 is 0 Å². The molecular weight excluding hydrogens is 392 g/mol. The summed E-state index contributed by atoms with van der Waals surface area (Å²) < 4.78 is 5.26. The maximum atomic E-state index is 12.6. The van der Waals surface area contributed by atoms with Gasteiger partial charge in [0.2, 0.25) is 5.91 Å². The molecule has 7 heteroatoms. The van der Waals surface area contributed by atoms with Gasteiger partial charge in [-0.05, 0) is 36.6 Å². The number of amides is 3. The van der Waals surface area contributed by atoms with Crippen molar-refractivity contribution < 1.29 is 14.3 Å². The van der Waals surface area contributed by atoms with Crippen molar-refractivity contribution in [3.05, 3.63) is 65.7 Å². The minimum atomic E-state index is -0.0522. The Labute approximate surface area is 184 Å². The molecule has 0 spiro atoms. The first-order chi connectivity index (χ1) is 15.0. The van der Waals surface area contributed by atoms with Crippen molar-refractivity contribution in [2.45, 2.75) is 25.9 Å². The standard InChI is InChI=1S/C24H32N4O3/c1-19(15-21-9-6-10-22(16-21)31-2)26-24(30)28-13-11-27(12-14-28)18-23(29)25-17-20-7-4-3-5-8-20/h3-10,16,19H,11-15,17-18H2,1-2H3,(H,25,29)(H,26,30). The summed E-state index contributed by atoms with van der Waals surface area (Å²) in [5.74, 6) is 0.827. The molecule has 0 aromatic heterocycles. The molecule has 2 aromatic rings. The van der Waals surface area contributed by atoms with Crippen LogP contribution in [0, 0.1) is 0 Å². The highest BCUT2D eigenvalue weighted by atomic mass is 16.5. The molecule has 0 bridgehead atoms. The summed E-state index contributed by atoms with van der Waals surface area (Å²) in [7, 11) is 1.65. The molecule has 0 radical (unpaired) electrons. The molecule has 3 rings (SSSR count). The number of hydrogen-bond acceptors (Lipinski definition) is 4. The number of benzene rings is 2. The van der Waals surface area contributed by atoms with Crippen LogP contribution in [0.3, 0.4) is 0 Å². The lowest BCUT2D eigenvalue weighted by atomic mass is 10.1. The molecule has 166 valence electrons. The number of carbonyl (C=O) groups is 2. The Morgan fingerprint density at radius 3 is 2.42 bits per heavy atom. The Morgan fingerprint density at radius 1 is 1.00 bits per heavy atom. The highest BCUT2D eigenvalue weighted by molar-refractivity contribution is 5.78. The molecule has 2 aromatic carbocycles. The van der Waals surface area contributed by atoms with Gasteiger partial charge in [-0.25, -0.2) is 4.79 Å². The topological polar surface area (TPSA) is 73.9 Å². The lowest BCUT2D eigenvalue weighted by Gasteiger charge is -2.35. The maximum absolute atomic E-state index is 12.6. The highest BCUT2D eigenvalue weighted by Crippen LogP contribution is 2.14. The molecule has 7 nitrogen and oxygen atoms in total. The zero-order chi connectivity index (χ0) is 22.1. The number of rotatable bonds is 8. The third-order valence-electron chi connectivity index (χ3n) is 5.41. The Kier molecular flexibility index (Phi) is 8.29. The van der Waals surface area contributed by atoms with Crippen LogP contribution < -0.4 is 15.4 Å². The molecule has 1 fully saturated rings. The van der Waals surface area contributed by atoms with Crippen LogP contribution in [0.25, 0.3) is 0 Å². The van der Waals surface area contributed by atoms with Crippen molar-refractivity contribution in [2.75, 3.05) is 39.8 Å². The Morgan fingerprint density at radius 2 is 1.71 bits per heavy atom. The van der Waals surface area contributed by atoms with Crippen LogP contribution in [0.4, 0.5) is 4.79 Å². The molecule has 0 saturated carbocycles. The van der Waals surface area contributed by atoms with Gasteiger partial charge in [0.05, 0.1) is 13.7 Å². The van der Waals surface area contributed by atoms with Gasteiger partial charge in [0.25, 0.3) is 0 Å². The predicted octanol–water partition coefficient (Wildman–Crippen LogP) is 2.27. The zero-order valence-corrected chi connectivity index (χ0v) is 18.3. The predicted molar refractivity (Wildman–Crippen MR) is 121 cm³/mol. The lowest BCUT2D eigenvalue weighted by molar-refractivity contribution is -0.122. The highest BCUT2D eigenvalue weighted by Gasteiger charge is 2.23. The van der Waals surface area contributed by atoms with Gasteiger partial charge in [-0.3, -0.25) is 9.69 Å². The van der Waals surface area contributed by atoms with E-state index in [2.05, 4.69) is 15.5 Å². The largest absolute Gasteiger partial charge is 0.497 e. The van der Waals surface area contributed by atoms with E-state index in [-0.39, 0.29) is 18.0 Å². The minimum absolute atomic E-state index is 0.00802. The number of ether oxygens (including phenoxy) is 1. The van der Waals surface area contributed by atoms with E-state index in [0.717, 1.165) is 23.3 Å². The van der Waals surface area contributed by atoms with Gasteiger partial charge in [0.1, 0.15) is 5.75 Å². The summed E-state index contributed by atoms with van der Waals surface area (Å²) in [5, 5.41) is 6.03. The fourth-order valence-electron chi connectivity index (χ4n) is 3.67. The summed E-state index contributed by atoms with van der Waals surface area (Å²) >= 11 is 0. The van der Waals surface area contributed by atoms with Gasteiger partial charge in [-0.1, -0.05) is 42.5 Å². The normalized spacial score (nSPS) is 15.2. The SMILES string of the molecule is COc1cccc(CC(C)NC(=O)N2CCN(CC(=O)NCc3ccccc3)CC2)c1. The third kappa shape index (κ3) is 7.29. The molecule has 3 amide bonds. The fourth-order valence-corrected chi connectivity index (χ4v) is 3.67. The molecule has 1 saturated heterocycles. The fraction of sp³-hybridized carbons (Fsp3) is 0.417. The lowest BCUT2D eigenvalue weighted by Crippen LogP contribution is -2.54. The van der Waals surface area contributed by atoms with Crippen LogP contribution in [0.5, 0.6) is 5.75 Å². The summed E-state index contributed by atoms with van der Waals surface area (Å²) in [6, 6.07) is 17.7. The second kappa shape index (κ2) is 11.4. The molecule has 1 heterocycles. The minimum Gasteiger partial charge on any atom is -0.497 e. The van der Waals surface area contributed by atoms with Crippen molar-refractivity contribution in [3.8, 4) is 5.75 Å².